The Bertz CT molecular complexity index is 466. The third-order valence-corrected chi connectivity index (χ3v) is 7.98. The van der Waals surface area contributed by atoms with Crippen molar-refractivity contribution < 1.29 is 33.2 Å². The van der Waals surface area contributed by atoms with Crippen molar-refractivity contribution in [1.82, 2.24) is 0 Å². The molecule has 39 heavy (non-hydrogen) atoms. The molecule has 0 rings (SSSR count). The minimum absolute atomic E-state index is 0.385. The van der Waals surface area contributed by atoms with Gasteiger partial charge in [-0.25, -0.2) is 0 Å². The molecule has 0 saturated heterocycles. The monoisotopic (exact) mass is 652 g/mol. The van der Waals surface area contributed by atoms with Gasteiger partial charge in [0, 0.05) is 39.6 Å². The smallest absolute Gasteiger partial charge is 0.0637 e. The lowest BCUT2D eigenvalue weighted by molar-refractivity contribution is -0.141. The lowest BCUT2D eigenvalue weighted by Crippen LogP contribution is -2.46. The van der Waals surface area contributed by atoms with Crippen LogP contribution in [-0.2, 0) is 33.2 Å². The fourth-order valence-electron chi connectivity index (χ4n) is 3.67. The summed E-state index contributed by atoms with van der Waals surface area (Å²) >= 11 is 0. The molecule has 0 fully saturated rings. The second kappa shape index (κ2) is 29.9. The molecule has 0 bridgehead atoms. The van der Waals surface area contributed by atoms with Gasteiger partial charge in [0.15, 0.2) is 0 Å². The Morgan fingerprint density at radius 1 is 0.359 bits per heavy atom. The second-order valence-electron chi connectivity index (χ2n) is 10.1. The molecule has 5 atom stereocenters. The van der Waals surface area contributed by atoms with E-state index in [0.717, 1.165) is 62.9 Å². The highest BCUT2D eigenvalue weighted by Crippen LogP contribution is 2.26. The van der Waals surface area contributed by atoms with Crippen molar-refractivity contribution in [1.29, 1.82) is 0 Å². The minimum atomic E-state index is -0.388. The van der Waals surface area contributed by atoms with Crippen LogP contribution in [0.15, 0.2) is 0 Å². The summed E-state index contributed by atoms with van der Waals surface area (Å²) in [6.45, 7) is 10.4. The minimum Gasteiger partial charge on any atom is -0.381 e. The third kappa shape index (κ3) is 23.0. The summed E-state index contributed by atoms with van der Waals surface area (Å²) in [5.74, 6) is 0. The first-order chi connectivity index (χ1) is 19.1. The molecule has 0 aromatic carbocycles. The van der Waals surface area contributed by atoms with Gasteiger partial charge in [-0.2, -0.15) is 0 Å². The fraction of sp³-hybridized carbons (Fsp3) is 1.00. The molecule has 7 nitrogen and oxygen atoms in total. The van der Waals surface area contributed by atoms with Crippen LogP contribution in [0.5, 0.6) is 0 Å². The average molecular weight is 653 g/mol. The molecular formula is C27H61O7P5. The Hall–Kier alpha value is 1.87. The van der Waals surface area contributed by atoms with Gasteiger partial charge in [0.2, 0.25) is 0 Å². The van der Waals surface area contributed by atoms with Gasteiger partial charge < -0.3 is 33.2 Å². The Kier molecular flexibility index (Phi) is 31.4. The predicted octanol–water partition coefficient (Wildman–Crippen LogP) is 4.42. The normalized spacial score (nSPS) is 12.5. The number of rotatable bonds is 32. The van der Waals surface area contributed by atoms with Crippen molar-refractivity contribution in [2.24, 2.45) is 10.8 Å². The molecule has 236 valence electrons. The van der Waals surface area contributed by atoms with Crippen molar-refractivity contribution in [3.63, 3.8) is 0 Å². The molecule has 0 aromatic rings. The maximum absolute atomic E-state index is 6.55. The quantitative estimate of drug-likeness (QED) is 0.0788. The standard InChI is InChI=1S/C27H61O7P5/c1-2-28-18-26(19-29-8-3-13-35,20-30-9-4-14-36)24-34-25-27(21-31-10-5-15-37,22-32-11-6-16-38)23-33-12-7-17-39/h2-25,35-39H2,1H3. The summed E-state index contributed by atoms with van der Waals surface area (Å²) in [7, 11) is 13.8. The molecule has 0 aliphatic heterocycles. The van der Waals surface area contributed by atoms with Crippen molar-refractivity contribution in [2.45, 2.75) is 39.0 Å². The molecule has 5 unspecified atom stereocenters. The number of ether oxygens (including phenoxy) is 7. The van der Waals surface area contributed by atoms with E-state index in [-0.39, 0.29) is 10.8 Å². The molecule has 0 N–H and O–H groups in total. The van der Waals surface area contributed by atoms with Gasteiger partial charge in [0.05, 0.1) is 63.7 Å². The highest BCUT2D eigenvalue weighted by molar-refractivity contribution is 7.17. The molecule has 0 spiro atoms. The van der Waals surface area contributed by atoms with Gasteiger partial charge in [-0.15, -0.1) is 46.2 Å². The molecule has 0 heterocycles. The Balaban J connectivity index is 5.59. The first-order valence-electron chi connectivity index (χ1n) is 14.6. The number of hydrogen-bond acceptors (Lipinski definition) is 7. The molecule has 0 aromatic heterocycles. The van der Waals surface area contributed by atoms with E-state index in [2.05, 4.69) is 46.2 Å². The van der Waals surface area contributed by atoms with E-state index in [4.69, 9.17) is 33.2 Å². The van der Waals surface area contributed by atoms with E-state index in [0.29, 0.717) is 92.5 Å². The van der Waals surface area contributed by atoms with E-state index < -0.39 is 0 Å². The van der Waals surface area contributed by atoms with Crippen LogP contribution in [0.4, 0.5) is 0 Å². The molecule has 12 heteroatoms. The van der Waals surface area contributed by atoms with E-state index in [1.54, 1.807) is 0 Å². The zero-order valence-corrected chi connectivity index (χ0v) is 30.5. The zero-order chi connectivity index (χ0) is 28.9. The maximum atomic E-state index is 6.55. The van der Waals surface area contributed by atoms with Crippen LogP contribution in [0.1, 0.15) is 39.0 Å². The summed E-state index contributed by atoms with van der Waals surface area (Å²) < 4.78 is 43.2. The Labute approximate surface area is 252 Å². The maximum Gasteiger partial charge on any atom is 0.0637 e. The number of hydrogen-bond donors (Lipinski definition) is 0. The Morgan fingerprint density at radius 2 is 0.590 bits per heavy atom. The lowest BCUT2D eigenvalue weighted by Gasteiger charge is -2.37. The van der Waals surface area contributed by atoms with Gasteiger partial charge in [-0.1, -0.05) is 0 Å². The summed E-state index contributed by atoms with van der Waals surface area (Å²) in [6, 6.07) is 0. The van der Waals surface area contributed by atoms with Crippen LogP contribution in [-0.4, -0.2) is 123 Å². The van der Waals surface area contributed by atoms with Crippen LogP contribution < -0.4 is 0 Å². The molecule has 0 radical (unpaired) electrons. The molecule has 0 aliphatic carbocycles. The van der Waals surface area contributed by atoms with Crippen LogP contribution in [0, 0.1) is 10.8 Å². The summed E-state index contributed by atoms with van der Waals surface area (Å²) in [4.78, 5) is 0. The van der Waals surface area contributed by atoms with Crippen LogP contribution in [0.25, 0.3) is 0 Å². The Morgan fingerprint density at radius 3 is 0.821 bits per heavy atom. The largest absolute Gasteiger partial charge is 0.381 e. The lowest BCUT2D eigenvalue weighted by atomic mass is 9.90. The highest BCUT2D eigenvalue weighted by atomic mass is 31.0. The first kappa shape index (κ1) is 40.9. The summed E-state index contributed by atoms with van der Waals surface area (Å²) in [6.07, 6.45) is 10.1. The zero-order valence-electron chi connectivity index (χ0n) is 24.7. The summed E-state index contributed by atoms with van der Waals surface area (Å²) in [5.41, 5.74) is -0.773. The SMILES string of the molecule is CCOCC(COCCCP)(COCCCP)COCC(COCCCP)(COCCCP)COCCCP. The molecule has 0 saturated carbocycles. The molecular weight excluding hydrogens is 591 g/mol. The molecule has 0 amide bonds. The second-order valence-corrected chi connectivity index (χ2v) is 13.0. The summed E-state index contributed by atoms with van der Waals surface area (Å²) in [5, 5.41) is 0. The fourth-order valence-corrected chi connectivity index (χ4v) is 4.51. The van der Waals surface area contributed by atoms with Gasteiger partial charge in [0.1, 0.15) is 0 Å². The molecule has 0 aliphatic rings. The average Bonchev–Trinajstić information content (AvgIpc) is 2.95. The predicted molar refractivity (Wildman–Crippen MR) is 182 cm³/mol. The van der Waals surface area contributed by atoms with E-state index in [1.165, 1.54) is 0 Å². The van der Waals surface area contributed by atoms with E-state index in [1.807, 2.05) is 6.92 Å². The van der Waals surface area contributed by atoms with Crippen LogP contribution in [0.2, 0.25) is 0 Å². The van der Waals surface area contributed by atoms with Crippen molar-refractivity contribution in [3.05, 3.63) is 0 Å². The highest BCUT2D eigenvalue weighted by Gasteiger charge is 2.36. The van der Waals surface area contributed by atoms with Gasteiger partial charge >= 0.3 is 0 Å². The topological polar surface area (TPSA) is 64.6 Å². The van der Waals surface area contributed by atoms with Gasteiger partial charge in [-0.05, 0) is 69.8 Å². The van der Waals surface area contributed by atoms with E-state index >= 15 is 0 Å². The van der Waals surface area contributed by atoms with Gasteiger partial charge in [-0.3, -0.25) is 0 Å². The van der Waals surface area contributed by atoms with Crippen molar-refractivity contribution in [2.75, 3.05) is 123 Å². The van der Waals surface area contributed by atoms with Crippen LogP contribution >= 0.6 is 46.2 Å². The third-order valence-electron chi connectivity index (χ3n) is 5.93. The van der Waals surface area contributed by atoms with Crippen molar-refractivity contribution in [3.8, 4) is 0 Å². The van der Waals surface area contributed by atoms with Crippen LogP contribution in [0.3, 0.4) is 0 Å². The van der Waals surface area contributed by atoms with E-state index in [9.17, 15) is 0 Å². The first-order valence-corrected chi connectivity index (χ1v) is 18.7. The van der Waals surface area contributed by atoms with Crippen molar-refractivity contribution >= 4 is 46.2 Å². The van der Waals surface area contributed by atoms with Gasteiger partial charge in [0.25, 0.3) is 0 Å².